The molecule has 1 atom stereocenters. The van der Waals surface area contributed by atoms with Gasteiger partial charge < -0.3 is 14.8 Å². The van der Waals surface area contributed by atoms with Crippen molar-refractivity contribution in [2.75, 3.05) is 19.5 Å². The number of hydrogen-bond donors (Lipinski definition) is 1. The first kappa shape index (κ1) is 18.9. The highest BCUT2D eigenvalue weighted by atomic mass is 16.6. The van der Waals surface area contributed by atoms with Crippen molar-refractivity contribution in [2.45, 2.75) is 26.4 Å². The van der Waals surface area contributed by atoms with Gasteiger partial charge in [0.15, 0.2) is 5.69 Å². The molecule has 0 fully saturated rings. The van der Waals surface area contributed by atoms with Gasteiger partial charge in [0, 0.05) is 12.7 Å². The summed E-state index contributed by atoms with van der Waals surface area (Å²) in [5, 5.41) is 21.5. The molecular weight excluding hydrogens is 348 g/mol. The summed E-state index contributed by atoms with van der Waals surface area (Å²) in [5.41, 5.74) is -0.232. The summed E-state index contributed by atoms with van der Waals surface area (Å²) in [7, 11) is 2.45. The van der Waals surface area contributed by atoms with E-state index in [0.29, 0.717) is 6.54 Å². The van der Waals surface area contributed by atoms with Gasteiger partial charge in [0.2, 0.25) is 5.91 Å². The smallest absolute Gasteiger partial charge is 0.360 e. The molecule has 0 aliphatic rings. The van der Waals surface area contributed by atoms with E-state index in [4.69, 9.17) is 4.74 Å². The van der Waals surface area contributed by atoms with E-state index in [-0.39, 0.29) is 22.9 Å². The number of carbonyl (C=O) groups excluding carboxylic acids is 2. The van der Waals surface area contributed by atoms with Crippen molar-refractivity contribution >= 4 is 23.3 Å². The summed E-state index contributed by atoms with van der Waals surface area (Å²) < 4.78 is 12.1. The van der Waals surface area contributed by atoms with E-state index in [2.05, 4.69) is 20.3 Å². The highest BCUT2D eigenvalue weighted by Crippen LogP contribution is 2.26. The molecule has 0 aliphatic heterocycles. The van der Waals surface area contributed by atoms with Gasteiger partial charge in [-0.05, 0) is 13.8 Å². The van der Waals surface area contributed by atoms with E-state index in [1.54, 1.807) is 0 Å². The van der Waals surface area contributed by atoms with Gasteiger partial charge in [-0.25, -0.2) is 9.48 Å². The number of amides is 1. The molecule has 26 heavy (non-hydrogen) atoms. The Bertz CT molecular complexity index is 841. The van der Waals surface area contributed by atoms with Crippen LogP contribution in [0.2, 0.25) is 0 Å². The number of aromatic nitrogens is 4. The van der Waals surface area contributed by atoms with Crippen molar-refractivity contribution < 1.29 is 24.0 Å². The number of esters is 1. The lowest BCUT2D eigenvalue weighted by Gasteiger charge is -2.11. The van der Waals surface area contributed by atoms with Gasteiger partial charge in [-0.1, -0.05) is 0 Å². The number of anilines is 1. The van der Waals surface area contributed by atoms with Gasteiger partial charge in [0.1, 0.15) is 12.2 Å². The van der Waals surface area contributed by atoms with Crippen LogP contribution in [0.1, 0.15) is 30.4 Å². The summed E-state index contributed by atoms with van der Waals surface area (Å²) in [4.78, 5) is 34.6. The average Bonchev–Trinajstić information content (AvgIpc) is 3.24. The van der Waals surface area contributed by atoms with Gasteiger partial charge in [0.05, 0.1) is 24.8 Å². The number of carbonyl (C=O) groups is 2. The van der Waals surface area contributed by atoms with E-state index < -0.39 is 22.8 Å². The molecule has 0 saturated carbocycles. The normalized spacial score (nSPS) is 11.7. The second-order valence-electron chi connectivity index (χ2n) is 5.16. The molecule has 0 aromatic carbocycles. The number of nitro groups is 1. The molecule has 1 N–H and O–H groups in total. The molecule has 12 nitrogen and oxygen atoms in total. The van der Waals surface area contributed by atoms with E-state index in [9.17, 15) is 19.7 Å². The third-order valence-electron chi connectivity index (χ3n) is 3.57. The van der Waals surface area contributed by atoms with Crippen LogP contribution in [-0.2, 0) is 16.1 Å². The molecule has 0 aliphatic carbocycles. The predicted molar refractivity (Wildman–Crippen MR) is 88.0 cm³/mol. The maximum absolute atomic E-state index is 12.5. The Morgan fingerprint density at radius 3 is 2.54 bits per heavy atom. The fraction of sp³-hybridized carbons (Fsp3) is 0.429. The second kappa shape index (κ2) is 7.63. The monoisotopic (exact) mass is 366 g/mol. The molecule has 1 amide bonds. The van der Waals surface area contributed by atoms with Crippen LogP contribution in [0.3, 0.4) is 0 Å². The first-order valence-electron chi connectivity index (χ1n) is 7.56. The Kier molecular flexibility index (Phi) is 5.54. The van der Waals surface area contributed by atoms with Crippen molar-refractivity contribution in [3.63, 3.8) is 0 Å². The number of nitrogens with one attached hydrogen (secondary N) is 1. The zero-order chi connectivity index (χ0) is 19.4. The van der Waals surface area contributed by atoms with Crippen molar-refractivity contribution in [2.24, 2.45) is 0 Å². The lowest BCUT2D eigenvalue weighted by atomic mass is 10.3. The largest absolute Gasteiger partial charge is 0.475 e. The van der Waals surface area contributed by atoms with Crippen molar-refractivity contribution in [1.29, 1.82) is 0 Å². The van der Waals surface area contributed by atoms with Gasteiger partial charge in [0.25, 0.3) is 0 Å². The third kappa shape index (κ3) is 3.63. The Morgan fingerprint density at radius 2 is 2.04 bits per heavy atom. The second-order valence-corrected chi connectivity index (χ2v) is 5.16. The predicted octanol–water partition coefficient (Wildman–Crippen LogP) is 1.00. The highest BCUT2D eigenvalue weighted by molar-refractivity contribution is 6.00. The zero-order valence-electron chi connectivity index (χ0n) is 14.6. The summed E-state index contributed by atoms with van der Waals surface area (Å²) in [6, 6.07) is -0.909. The van der Waals surface area contributed by atoms with Crippen LogP contribution in [0, 0.1) is 10.1 Å². The van der Waals surface area contributed by atoms with Crippen molar-refractivity contribution in [3.8, 4) is 5.88 Å². The number of hydrogen-bond acceptors (Lipinski definition) is 8. The van der Waals surface area contributed by atoms with E-state index in [0.717, 1.165) is 10.9 Å². The highest BCUT2D eigenvalue weighted by Gasteiger charge is 2.27. The van der Waals surface area contributed by atoms with Crippen LogP contribution in [0.4, 0.5) is 11.4 Å². The molecular formula is C14H18N6O6. The SMILES string of the molecule is CCn1cc(NC(=O)C(C)n2cc([N+](=O)[O-])c(OC)n2)c(C(=O)OC)n1. The van der Waals surface area contributed by atoms with Gasteiger partial charge in [-0.15, -0.1) is 5.10 Å². The Morgan fingerprint density at radius 1 is 1.35 bits per heavy atom. The Balaban J connectivity index is 2.26. The van der Waals surface area contributed by atoms with Crippen molar-refractivity contribution in [3.05, 3.63) is 28.2 Å². The van der Waals surface area contributed by atoms with Gasteiger partial charge >= 0.3 is 17.5 Å². The number of aryl methyl sites for hydroxylation is 1. The Labute approximate surface area is 147 Å². The Hall–Kier alpha value is -3.44. The summed E-state index contributed by atoms with van der Waals surface area (Å²) in [6.45, 7) is 3.79. The molecule has 12 heteroatoms. The lowest BCUT2D eigenvalue weighted by molar-refractivity contribution is -0.385. The molecule has 2 rings (SSSR count). The first-order valence-corrected chi connectivity index (χ1v) is 7.56. The van der Waals surface area contributed by atoms with Crippen LogP contribution < -0.4 is 10.1 Å². The van der Waals surface area contributed by atoms with Crippen LogP contribution in [0.5, 0.6) is 5.88 Å². The fourth-order valence-corrected chi connectivity index (χ4v) is 2.11. The number of methoxy groups -OCH3 is 2. The number of rotatable bonds is 7. The molecule has 0 saturated heterocycles. The molecule has 0 bridgehead atoms. The van der Waals surface area contributed by atoms with Gasteiger partial charge in [-0.3, -0.25) is 19.6 Å². The molecule has 0 radical (unpaired) electrons. The van der Waals surface area contributed by atoms with E-state index >= 15 is 0 Å². The summed E-state index contributed by atoms with van der Waals surface area (Å²) in [5.74, 6) is -1.45. The zero-order valence-corrected chi connectivity index (χ0v) is 14.6. The minimum atomic E-state index is -0.909. The molecule has 2 heterocycles. The molecule has 0 spiro atoms. The first-order chi connectivity index (χ1) is 12.3. The topological polar surface area (TPSA) is 143 Å². The van der Waals surface area contributed by atoms with Crippen LogP contribution in [0.25, 0.3) is 0 Å². The maximum atomic E-state index is 12.5. The van der Waals surface area contributed by atoms with Gasteiger partial charge in [-0.2, -0.15) is 5.10 Å². The molecule has 140 valence electrons. The summed E-state index contributed by atoms with van der Waals surface area (Å²) in [6.07, 6.45) is 2.59. The third-order valence-corrected chi connectivity index (χ3v) is 3.57. The molecule has 1 unspecified atom stereocenters. The molecule has 2 aromatic rings. The van der Waals surface area contributed by atoms with E-state index in [1.165, 1.54) is 32.0 Å². The standard InChI is InChI=1S/C14H18N6O6/c1-5-18-6-9(11(16-18)14(22)26-4)15-12(21)8(2)19-7-10(20(23)24)13(17-19)25-3/h6-8H,5H2,1-4H3,(H,15,21). The maximum Gasteiger partial charge on any atom is 0.360 e. The van der Waals surface area contributed by atoms with Crippen LogP contribution >= 0.6 is 0 Å². The minimum Gasteiger partial charge on any atom is -0.475 e. The van der Waals surface area contributed by atoms with Crippen molar-refractivity contribution in [1.82, 2.24) is 19.6 Å². The van der Waals surface area contributed by atoms with Crippen LogP contribution in [-0.4, -0.2) is 50.6 Å². The minimum absolute atomic E-state index is 0.0427. The van der Waals surface area contributed by atoms with Crippen LogP contribution in [0.15, 0.2) is 12.4 Å². The summed E-state index contributed by atoms with van der Waals surface area (Å²) >= 11 is 0. The number of ether oxygens (including phenoxy) is 2. The number of nitrogens with zero attached hydrogens (tertiary/aromatic N) is 5. The molecule has 2 aromatic heterocycles. The average molecular weight is 366 g/mol. The lowest BCUT2D eigenvalue weighted by Crippen LogP contribution is -2.24. The quantitative estimate of drug-likeness (QED) is 0.434. The fourth-order valence-electron chi connectivity index (χ4n) is 2.11. The van der Waals surface area contributed by atoms with E-state index in [1.807, 2.05) is 6.92 Å².